The molecule has 0 unspecified atom stereocenters. The van der Waals surface area contributed by atoms with E-state index < -0.39 is 0 Å². The number of benzene rings is 1. The molecule has 7 rings (SSSR count). The lowest BCUT2D eigenvalue weighted by molar-refractivity contribution is -0.124. The van der Waals surface area contributed by atoms with E-state index in [-0.39, 0.29) is 35.9 Å². The predicted molar refractivity (Wildman–Crippen MR) is 89.5 cm³/mol. The molecular weight excluding hydrogens is 314 g/mol. The van der Waals surface area contributed by atoms with Gasteiger partial charge in [0.15, 0.2) is 0 Å². The van der Waals surface area contributed by atoms with Gasteiger partial charge in [-0.25, -0.2) is 4.90 Å². The molecule has 2 saturated carbocycles. The summed E-state index contributed by atoms with van der Waals surface area (Å²) in [7, 11) is 0. The smallest absolute Gasteiger partial charge is 0.240 e. The SMILES string of the molecule is O=C1[C@H]2[C@H](C(=O)N1c1ccccc1)[C@H]1O[C@H]2C2=C1[C@H]1CC[C@H]2C12CC2. The van der Waals surface area contributed by atoms with Crippen molar-refractivity contribution in [3.8, 4) is 0 Å². The maximum Gasteiger partial charge on any atom is 0.240 e. The van der Waals surface area contributed by atoms with Gasteiger partial charge in [-0.2, -0.15) is 0 Å². The van der Waals surface area contributed by atoms with E-state index >= 15 is 0 Å². The summed E-state index contributed by atoms with van der Waals surface area (Å²) >= 11 is 0. The van der Waals surface area contributed by atoms with Crippen molar-refractivity contribution in [1.82, 2.24) is 0 Å². The van der Waals surface area contributed by atoms with Gasteiger partial charge in [0.1, 0.15) is 0 Å². The van der Waals surface area contributed by atoms with Crippen molar-refractivity contribution < 1.29 is 14.3 Å². The summed E-state index contributed by atoms with van der Waals surface area (Å²) < 4.78 is 6.29. The molecule has 25 heavy (non-hydrogen) atoms. The molecule has 2 amide bonds. The lowest BCUT2D eigenvalue weighted by Crippen LogP contribution is -2.35. The Bertz CT molecular complexity index is 836. The zero-order valence-corrected chi connectivity index (χ0v) is 13.9. The third-order valence-corrected chi connectivity index (χ3v) is 8.01. The van der Waals surface area contributed by atoms with Crippen LogP contribution in [0.2, 0.25) is 0 Å². The van der Waals surface area contributed by atoms with Crippen LogP contribution in [0.25, 0.3) is 0 Å². The van der Waals surface area contributed by atoms with Crippen molar-refractivity contribution in [1.29, 1.82) is 0 Å². The third kappa shape index (κ3) is 1.26. The second-order valence-corrected chi connectivity index (χ2v) is 8.70. The summed E-state index contributed by atoms with van der Waals surface area (Å²) in [6, 6.07) is 9.37. The zero-order valence-electron chi connectivity index (χ0n) is 13.9. The van der Waals surface area contributed by atoms with E-state index in [2.05, 4.69) is 0 Å². The minimum absolute atomic E-state index is 0.0483. The van der Waals surface area contributed by atoms with Crippen LogP contribution in [0.5, 0.6) is 0 Å². The van der Waals surface area contributed by atoms with E-state index in [1.165, 1.54) is 41.7 Å². The summed E-state index contributed by atoms with van der Waals surface area (Å²) in [5.41, 5.74) is 4.12. The molecule has 4 heteroatoms. The number of imide groups is 1. The Balaban J connectivity index is 1.33. The van der Waals surface area contributed by atoms with E-state index in [0.29, 0.717) is 22.9 Å². The molecule has 1 aromatic rings. The lowest BCUT2D eigenvalue weighted by atomic mass is 9.72. The molecule has 4 nitrogen and oxygen atoms in total. The maximum absolute atomic E-state index is 13.2. The molecule has 1 aromatic carbocycles. The van der Waals surface area contributed by atoms with Gasteiger partial charge in [0.25, 0.3) is 0 Å². The third-order valence-electron chi connectivity index (χ3n) is 8.01. The Morgan fingerprint density at radius 1 is 0.880 bits per heavy atom. The van der Waals surface area contributed by atoms with Crippen molar-refractivity contribution in [3.63, 3.8) is 0 Å². The number of carbonyl (C=O) groups excluding carboxylic acids is 2. The summed E-state index contributed by atoms with van der Waals surface area (Å²) in [6.07, 6.45) is 4.95. The fraction of sp³-hybridized carbons (Fsp3) is 0.524. The Morgan fingerprint density at radius 3 is 1.96 bits per heavy atom. The Labute approximate surface area is 145 Å². The quantitative estimate of drug-likeness (QED) is 0.586. The standard InChI is InChI=1S/C21H19NO3/c23-19-15-16(20(24)22(19)10-4-2-1-3-5-10)18-14-12-7-6-11(21(12)8-9-21)13(14)17(15)25-18/h1-5,11-12,15-18H,6-9H2/t11-,12-,15+,16+,17+,18+/m1/s1. The first kappa shape index (κ1) is 13.3. The molecule has 3 aliphatic heterocycles. The molecule has 4 bridgehead atoms. The van der Waals surface area contributed by atoms with Crippen LogP contribution in [0.3, 0.4) is 0 Å². The number of carbonyl (C=O) groups is 2. The largest absolute Gasteiger partial charge is 0.365 e. The van der Waals surface area contributed by atoms with Crippen LogP contribution in [-0.4, -0.2) is 24.0 Å². The number of ether oxygens (including phenoxy) is 1. The topological polar surface area (TPSA) is 46.6 Å². The molecule has 1 spiro atoms. The highest BCUT2D eigenvalue weighted by atomic mass is 16.5. The predicted octanol–water partition coefficient (Wildman–Crippen LogP) is 2.69. The number of nitrogens with zero attached hydrogens (tertiary/aromatic N) is 1. The first-order valence-electron chi connectivity index (χ1n) is 9.54. The minimum Gasteiger partial charge on any atom is -0.365 e. The second kappa shape index (κ2) is 3.90. The molecule has 0 aromatic heterocycles. The average Bonchev–Trinajstić information content (AvgIpc) is 2.88. The maximum atomic E-state index is 13.2. The number of hydrogen-bond acceptors (Lipinski definition) is 3. The number of hydrogen-bond donors (Lipinski definition) is 0. The molecule has 6 aliphatic rings. The highest BCUT2D eigenvalue weighted by molar-refractivity contribution is 6.23. The number of rotatable bonds is 1. The van der Waals surface area contributed by atoms with Crippen molar-refractivity contribution in [2.75, 3.05) is 4.90 Å². The van der Waals surface area contributed by atoms with Gasteiger partial charge in [-0.15, -0.1) is 0 Å². The van der Waals surface area contributed by atoms with E-state index in [9.17, 15) is 9.59 Å². The average molecular weight is 333 g/mol. The van der Waals surface area contributed by atoms with Gasteiger partial charge < -0.3 is 4.74 Å². The van der Waals surface area contributed by atoms with Crippen LogP contribution in [0.15, 0.2) is 41.5 Å². The van der Waals surface area contributed by atoms with Crippen LogP contribution in [0.4, 0.5) is 5.69 Å². The van der Waals surface area contributed by atoms with Gasteiger partial charge in [0, 0.05) is 0 Å². The van der Waals surface area contributed by atoms with Crippen molar-refractivity contribution >= 4 is 17.5 Å². The van der Waals surface area contributed by atoms with Crippen LogP contribution in [0.1, 0.15) is 25.7 Å². The van der Waals surface area contributed by atoms with E-state index in [1.54, 1.807) is 0 Å². The fourth-order valence-electron chi connectivity index (χ4n) is 7.09. The van der Waals surface area contributed by atoms with Crippen molar-refractivity contribution in [2.45, 2.75) is 37.9 Å². The van der Waals surface area contributed by atoms with Gasteiger partial charge >= 0.3 is 0 Å². The minimum atomic E-state index is -0.286. The van der Waals surface area contributed by atoms with Crippen LogP contribution < -0.4 is 4.90 Å². The van der Waals surface area contributed by atoms with Crippen LogP contribution >= 0.6 is 0 Å². The number of fused-ring (bicyclic) bond motifs is 9. The second-order valence-electron chi connectivity index (χ2n) is 8.70. The van der Waals surface area contributed by atoms with Gasteiger partial charge in [-0.05, 0) is 66.2 Å². The molecule has 0 radical (unpaired) electrons. The van der Waals surface area contributed by atoms with Crippen molar-refractivity contribution in [3.05, 3.63) is 41.5 Å². The van der Waals surface area contributed by atoms with Gasteiger partial charge in [0.05, 0.1) is 29.7 Å². The zero-order chi connectivity index (χ0) is 16.5. The summed E-state index contributed by atoms with van der Waals surface area (Å²) in [6.45, 7) is 0. The first-order valence-corrected chi connectivity index (χ1v) is 9.54. The molecule has 3 heterocycles. The first-order chi connectivity index (χ1) is 12.2. The lowest BCUT2D eigenvalue weighted by Gasteiger charge is -2.26. The normalized spacial score (nSPS) is 44.2. The summed E-state index contributed by atoms with van der Waals surface area (Å²) in [5.74, 6) is 0.605. The molecule has 2 saturated heterocycles. The Morgan fingerprint density at radius 2 is 1.44 bits per heavy atom. The molecular formula is C21H19NO3. The summed E-state index contributed by atoms with van der Waals surface area (Å²) in [4.78, 5) is 27.7. The fourth-order valence-corrected chi connectivity index (χ4v) is 7.09. The Kier molecular flexibility index (Phi) is 2.08. The van der Waals surface area contributed by atoms with Gasteiger partial charge in [-0.1, -0.05) is 18.2 Å². The summed E-state index contributed by atoms with van der Waals surface area (Å²) in [5, 5.41) is 0. The molecule has 0 N–H and O–H groups in total. The molecule has 126 valence electrons. The molecule has 4 fully saturated rings. The van der Waals surface area contributed by atoms with Crippen LogP contribution in [-0.2, 0) is 14.3 Å². The monoisotopic (exact) mass is 333 g/mol. The Hall–Kier alpha value is -1.94. The van der Waals surface area contributed by atoms with E-state index in [1.807, 2.05) is 30.3 Å². The molecule has 6 atom stereocenters. The van der Waals surface area contributed by atoms with Crippen molar-refractivity contribution in [2.24, 2.45) is 29.1 Å². The number of amides is 2. The highest BCUT2D eigenvalue weighted by Crippen LogP contribution is 2.77. The van der Waals surface area contributed by atoms with Gasteiger partial charge in [-0.3, -0.25) is 9.59 Å². The van der Waals surface area contributed by atoms with E-state index in [0.717, 1.165) is 0 Å². The number of anilines is 1. The highest BCUT2D eigenvalue weighted by Gasteiger charge is 2.75. The van der Waals surface area contributed by atoms with E-state index in [4.69, 9.17) is 4.74 Å². The van der Waals surface area contributed by atoms with Gasteiger partial charge in [0.2, 0.25) is 11.8 Å². The number of para-hydroxylation sites is 1. The molecule has 3 aliphatic carbocycles. The van der Waals surface area contributed by atoms with Crippen LogP contribution in [0, 0.1) is 29.1 Å².